The van der Waals surface area contributed by atoms with Crippen LogP contribution in [0.15, 0.2) is 18.5 Å². The fraction of sp³-hybridized carbons (Fsp3) is 0.600. The van der Waals surface area contributed by atoms with Gasteiger partial charge < -0.3 is 0 Å². The first kappa shape index (κ1) is 14.9. The summed E-state index contributed by atoms with van der Waals surface area (Å²) in [5.41, 5.74) is 0.906. The van der Waals surface area contributed by atoms with Crippen LogP contribution in [0.2, 0.25) is 0 Å². The molecule has 1 aliphatic rings. The van der Waals surface area contributed by atoms with Crippen molar-refractivity contribution in [1.82, 2.24) is 14.8 Å². The van der Waals surface area contributed by atoms with Gasteiger partial charge in [0.2, 0.25) is 0 Å². The Bertz CT molecular complexity index is 463. The van der Waals surface area contributed by atoms with Crippen LogP contribution in [-0.4, -0.2) is 47.0 Å². The third kappa shape index (κ3) is 3.99. The van der Waals surface area contributed by atoms with Crippen LogP contribution in [-0.2, 0) is 6.54 Å². The van der Waals surface area contributed by atoms with Crippen molar-refractivity contribution >= 4 is 0 Å². The zero-order valence-corrected chi connectivity index (χ0v) is 11.9. The van der Waals surface area contributed by atoms with E-state index in [1.807, 2.05) is 0 Å². The number of nitriles is 1. The van der Waals surface area contributed by atoms with Gasteiger partial charge in [0, 0.05) is 38.9 Å². The Hall–Kier alpha value is -1.51. The normalized spacial score (nSPS) is 18.6. The van der Waals surface area contributed by atoms with E-state index in [0.29, 0.717) is 0 Å². The van der Waals surface area contributed by atoms with E-state index in [0.717, 1.165) is 51.1 Å². The lowest BCUT2D eigenvalue weighted by Gasteiger charge is -2.36. The molecule has 0 spiro atoms. The predicted octanol–water partition coefficient (Wildman–Crippen LogP) is 2.03. The first-order chi connectivity index (χ1) is 9.72. The van der Waals surface area contributed by atoms with Crippen molar-refractivity contribution in [1.29, 1.82) is 5.26 Å². The van der Waals surface area contributed by atoms with E-state index in [4.69, 9.17) is 0 Å². The lowest BCUT2D eigenvalue weighted by atomic mass is 10.1. The summed E-state index contributed by atoms with van der Waals surface area (Å²) in [7, 11) is 0. The van der Waals surface area contributed by atoms with Gasteiger partial charge in [0.15, 0.2) is 0 Å². The minimum Gasteiger partial charge on any atom is -0.296 e. The maximum atomic E-state index is 13.1. The van der Waals surface area contributed by atoms with Gasteiger partial charge in [-0.25, -0.2) is 4.39 Å². The summed E-state index contributed by atoms with van der Waals surface area (Å²) in [4.78, 5) is 8.41. The van der Waals surface area contributed by atoms with Crippen LogP contribution >= 0.6 is 0 Å². The summed E-state index contributed by atoms with van der Waals surface area (Å²) in [6.07, 6.45) is 4.91. The Balaban J connectivity index is 1.84. The van der Waals surface area contributed by atoms with E-state index in [1.54, 1.807) is 6.20 Å². The Morgan fingerprint density at radius 2 is 2.10 bits per heavy atom. The minimum atomic E-state index is -0.284. The van der Waals surface area contributed by atoms with E-state index < -0.39 is 0 Å². The van der Waals surface area contributed by atoms with Gasteiger partial charge in [-0.05, 0) is 18.1 Å². The number of nitrogens with zero attached hydrogens (tertiary/aromatic N) is 4. The van der Waals surface area contributed by atoms with Gasteiger partial charge in [-0.15, -0.1) is 0 Å². The van der Waals surface area contributed by atoms with Crippen molar-refractivity contribution in [3.63, 3.8) is 0 Å². The monoisotopic (exact) mass is 276 g/mol. The molecule has 1 atom stereocenters. The number of pyridine rings is 1. The second-order valence-corrected chi connectivity index (χ2v) is 5.26. The number of rotatable bonds is 5. The largest absolute Gasteiger partial charge is 0.296 e. The lowest BCUT2D eigenvalue weighted by Crippen LogP contribution is -2.49. The zero-order valence-electron chi connectivity index (χ0n) is 11.9. The van der Waals surface area contributed by atoms with Gasteiger partial charge in [0.1, 0.15) is 5.82 Å². The number of aromatic nitrogens is 1. The van der Waals surface area contributed by atoms with Crippen molar-refractivity contribution in [2.24, 2.45) is 0 Å². The molecule has 1 aromatic rings. The third-order valence-corrected chi connectivity index (χ3v) is 3.73. The highest BCUT2D eigenvalue weighted by Gasteiger charge is 2.23. The van der Waals surface area contributed by atoms with E-state index in [9.17, 15) is 9.65 Å². The molecule has 1 unspecified atom stereocenters. The van der Waals surface area contributed by atoms with Crippen molar-refractivity contribution < 1.29 is 4.39 Å². The Morgan fingerprint density at radius 3 is 2.70 bits per heavy atom. The van der Waals surface area contributed by atoms with E-state index in [-0.39, 0.29) is 11.9 Å². The Morgan fingerprint density at radius 1 is 1.35 bits per heavy atom. The number of hydrogen-bond acceptors (Lipinski definition) is 4. The minimum absolute atomic E-state index is 0.0398. The summed E-state index contributed by atoms with van der Waals surface area (Å²) in [5.74, 6) is -0.284. The van der Waals surface area contributed by atoms with Crippen molar-refractivity contribution in [3.8, 4) is 6.07 Å². The van der Waals surface area contributed by atoms with Crippen LogP contribution in [0.1, 0.15) is 25.3 Å². The Labute approximate surface area is 119 Å². The zero-order chi connectivity index (χ0) is 14.4. The molecule has 108 valence electrons. The number of hydrogen-bond donors (Lipinski definition) is 0. The molecule has 20 heavy (non-hydrogen) atoms. The second kappa shape index (κ2) is 7.32. The third-order valence-electron chi connectivity index (χ3n) is 3.73. The smallest absolute Gasteiger partial charge is 0.141 e. The average molecular weight is 276 g/mol. The lowest BCUT2D eigenvalue weighted by molar-refractivity contribution is 0.106. The first-order valence-electron chi connectivity index (χ1n) is 7.18. The number of halogens is 1. The summed E-state index contributed by atoms with van der Waals surface area (Å²) in [5, 5.41) is 9.19. The van der Waals surface area contributed by atoms with Crippen molar-refractivity contribution in [2.45, 2.75) is 32.4 Å². The fourth-order valence-corrected chi connectivity index (χ4v) is 2.64. The van der Waals surface area contributed by atoms with Crippen LogP contribution in [0, 0.1) is 17.1 Å². The van der Waals surface area contributed by atoms with E-state index in [1.165, 1.54) is 12.3 Å². The first-order valence-corrected chi connectivity index (χ1v) is 7.18. The molecule has 2 rings (SSSR count). The van der Waals surface area contributed by atoms with Crippen LogP contribution in [0.5, 0.6) is 0 Å². The molecule has 0 aliphatic carbocycles. The fourth-order valence-electron chi connectivity index (χ4n) is 2.64. The standard InChI is InChI=1S/C15H21FN4/c1-2-3-15(9-17)20-6-4-19(5-7-20)12-13-8-14(16)11-18-10-13/h8,10-11,15H,2-7,12H2,1H3. The highest BCUT2D eigenvalue weighted by molar-refractivity contribution is 5.10. The van der Waals surface area contributed by atoms with Gasteiger partial charge in [0.25, 0.3) is 0 Å². The molecular weight excluding hydrogens is 255 g/mol. The summed E-state index contributed by atoms with van der Waals surface area (Å²) < 4.78 is 13.1. The summed E-state index contributed by atoms with van der Waals surface area (Å²) in [6.45, 7) is 6.47. The predicted molar refractivity (Wildman–Crippen MR) is 75.4 cm³/mol. The van der Waals surface area contributed by atoms with E-state index in [2.05, 4.69) is 27.8 Å². The van der Waals surface area contributed by atoms with Crippen LogP contribution in [0.4, 0.5) is 4.39 Å². The average Bonchev–Trinajstić information content (AvgIpc) is 2.46. The molecule has 4 nitrogen and oxygen atoms in total. The summed E-state index contributed by atoms with van der Waals surface area (Å²) >= 11 is 0. The van der Waals surface area contributed by atoms with Crippen molar-refractivity contribution in [2.75, 3.05) is 26.2 Å². The molecule has 1 aliphatic heterocycles. The molecule has 5 heteroatoms. The van der Waals surface area contributed by atoms with Crippen LogP contribution < -0.4 is 0 Å². The maximum absolute atomic E-state index is 13.1. The van der Waals surface area contributed by atoms with Crippen molar-refractivity contribution in [3.05, 3.63) is 29.8 Å². The van der Waals surface area contributed by atoms with Gasteiger partial charge in [-0.2, -0.15) is 5.26 Å². The van der Waals surface area contributed by atoms with Gasteiger partial charge >= 0.3 is 0 Å². The maximum Gasteiger partial charge on any atom is 0.141 e. The molecule has 2 heterocycles. The molecular formula is C15H21FN4. The molecule has 0 saturated carbocycles. The number of piperazine rings is 1. The molecule has 0 aromatic carbocycles. The van der Waals surface area contributed by atoms with Gasteiger partial charge in [-0.3, -0.25) is 14.8 Å². The molecule has 1 aromatic heterocycles. The highest BCUT2D eigenvalue weighted by atomic mass is 19.1. The SMILES string of the molecule is CCCC(C#N)N1CCN(Cc2cncc(F)c2)CC1. The molecule has 0 N–H and O–H groups in total. The van der Waals surface area contributed by atoms with Gasteiger partial charge in [-0.1, -0.05) is 13.3 Å². The Kier molecular flexibility index (Phi) is 5.45. The molecule has 0 amide bonds. The summed E-state index contributed by atoms with van der Waals surface area (Å²) in [6, 6.07) is 3.97. The topological polar surface area (TPSA) is 43.2 Å². The molecule has 0 radical (unpaired) electrons. The molecule has 0 bridgehead atoms. The molecule has 1 saturated heterocycles. The highest BCUT2D eigenvalue weighted by Crippen LogP contribution is 2.13. The second-order valence-electron chi connectivity index (χ2n) is 5.26. The van der Waals surface area contributed by atoms with Gasteiger partial charge in [0.05, 0.1) is 18.3 Å². The molecule has 1 fully saturated rings. The quantitative estimate of drug-likeness (QED) is 0.825. The van der Waals surface area contributed by atoms with Crippen LogP contribution in [0.25, 0.3) is 0 Å². The van der Waals surface area contributed by atoms with E-state index >= 15 is 0 Å². The van der Waals surface area contributed by atoms with Crippen LogP contribution in [0.3, 0.4) is 0 Å².